The van der Waals surface area contributed by atoms with Crippen LogP contribution < -0.4 is 10.4 Å². The van der Waals surface area contributed by atoms with Gasteiger partial charge < -0.3 is 8.85 Å². The Morgan fingerprint density at radius 1 is 0.533 bits per heavy atom. The molecule has 2 nitrogen and oxygen atoms in total. The van der Waals surface area contributed by atoms with Crippen LogP contribution in [0.2, 0.25) is 13.1 Å². The molecule has 0 aliphatic carbocycles. The summed E-state index contributed by atoms with van der Waals surface area (Å²) in [7, 11) is -5.01. The number of rotatable bonds is 7. The summed E-state index contributed by atoms with van der Waals surface area (Å²) in [5.41, 5.74) is 0. The van der Waals surface area contributed by atoms with E-state index in [9.17, 15) is 0 Å². The van der Waals surface area contributed by atoms with Crippen LogP contribution in [0.25, 0.3) is 21.5 Å². The second-order valence-corrected chi connectivity index (χ2v) is 19.5. The normalized spacial score (nSPS) is 15.7. The molecule has 30 heavy (non-hydrogen) atoms. The summed E-state index contributed by atoms with van der Waals surface area (Å²) in [6.07, 6.45) is 0. The Balaban J connectivity index is 2.04. The van der Waals surface area contributed by atoms with E-state index < -0.39 is 15.7 Å². The van der Waals surface area contributed by atoms with E-state index in [1.54, 1.807) is 0 Å². The van der Waals surface area contributed by atoms with Crippen molar-refractivity contribution < 1.29 is 8.85 Å². The minimum absolute atomic E-state index is 0.687. The van der Waals surface area contributed by atoms with Gasteiger partial charge in [-0.1, -0.05) is 84.9 Å². The second kappa shape index (κ2) is 8.48. The maximum absolute atomic E-state index is 6.82. The highest BCUT2D eigenvalue weighted by Gasteiger charge is 2.56. The highest BCUT2D eigenvalue weighted by molar-refractivity contribution is 7.46. The lowest BCUT2D eigenvalue weighted by molar-refractivity contribution is 0.313. The average Bonchev–Trinajstić information content (AvgIpc) is 2.78. The van der Waals surface area contributed by atoms with Crippen LogP contribution in [-0.4, -0.2) is 28.9 Å². The predicted octanol–water partition coefficient (Wildman–Crippen LogP) is 5.41. The molecular weight excluding hydrogens is 400 g/mol. The Morgan fingerprint density at radius 2 is 0.900 bits per heavy atom. The van der Waals surface area contributed by atoms with E-state index in [4.69, 9.17) is 8.85 Å². The van der Waals surface area contributed by atoms with E-state index in [1.165, 1.54) is 31.9 Å². The fourth-order valence-corrected chi connectivity index (χ4v) is 17.1. The molecular formula is C26H30O2Si2. The summed E-state index contributed by atoms with van der Waals surface area (Å²) in [6.45, 7) is 10.4. The van der Waals surface area contributed by atoms with Gasteiger partial charge in [-0.2, -0.15) is 0 Å². The molecule has 0 spiro atoms. The fraction of sp³-hybridized carbons (Fsp3) is 0.231. The van der Waals surface area contributed by atoms with Crippen LogP contribution in [0.3, 0.4) is 0 Å². The van der Waals surface area contributed by atoms with E-state index in [0.717, 1.165) is 0 Å². The highest BCUT2D eigenvalue weighted by Crippen LogP contribution is 2.28. The average molecular weight is 431 g/mol. The molecule has 0 aliphatic rings. The molecule has 4 heteroatoms. The van der Waals surface area contributed by atoms with Crippen molar-refractivity contribution in [3.05, 3.63) is 84.9 Å². The lowest BCUT2D eigenvalue weighted by Crippen LogP contribution is -2.75. The molecule has 0 saturated heterocycles. The topological polar surface area (TPSA) is 18.5 Å². The zero-order valence-corrected chi connectivity index (χ0v) is 20.3. The molecule has 0 aliphatic heterocycles. The van der Waals surface area contributed by atoms with Crippen molar-refractivity contribution in [3.63, 3.8) is 0 Å². The monoisotopic (exact) mass is 430 g/mol. The number of hydrogen-bond acceptors (Lipinski definition) is 2. The van der Waals surface area contributed by atoms with Crippen molar-refractivity contribution in [2.24, 2.45) is 0 Å². The van der Waals surface area contributed by atoms with E-state index >= 15 is 0 Å². The van der Waals surface area contributed by atoms with E-state index in [-0.39, 0.29) is 0 Å². The molecule has 4 rings (SSSR count). The van der Waals surface area contributed by atoms with Crippen LogP contribution in [0.15, 0.2) is 84.9 Å². The van der Waals surface area contributed by atoms with Crippen molar-refractivity contribution in [2.75, 3.05) is 13.2 Å². The highest BCUT2D eigenvalue weighted by atomic mass is 29.3. The van der Waals surface area contributed by atoms with Gasteiger partial charge in [0.25, 0.3) is 0 Å². The van der Waals surface area contributed by atoms with Gasteiger partial charge >= 0.3 is 0 Å². The summed E-state index contributed by atoms with van der Waals surface area (Å²) in [5.74, 6) is 0. The van der Waals surface area contributed by atoms with E-state index in [0.29, 0.717) is 13.2 Å². The Morgan fingerprint density at radius 3 is 1.30 bits per heavy atom. The molecule has 0 N–H and O–H groups in total. The summed E-state index contributed by atoms with van der Waals surface area (Å²) >= 11 is 0. The Kier molecular flexibility index (Phi) is 5.93. The van der Waals surface area contributed by atoms with E-state index in [1.807, 2.05) is 0 Å². The third-order valence-corrected chi connectivity index (χ3v) is 20.8. The van der Waals surface area contributed by atoms with Gasteiger partial charge in [0.05, 0.1) is 0 Å². The lowest BCUT2D eigenvalue weighted by Gasteiger charge is -2.43. The SMILES string of the molecule is CCO[Si](C)(c1cccc2ccccc12)[Si](C)(OCC)c1cccc2ccccc12. The number of hydrogen-bond donors (Lipinski definition) is 0. The molecule has 0 amide bonds. The van der Waals surface area contributed by atoms with Crippen molar-refractivity contribution in [2.45, 2.75) is 26.9 Å². The molecule has 0 aromatic heterocycles. The van der Waals surface area contributed by atoms with Crippen molar-refractivity contribution >= 4 is 47.6 Å². The van der Waals surface area contributed by atoms with Crippen LogP contribution >= 0.6 is 0 Å². The summed E-state index contributed by atoms with van der Waals surface area (Å²) in [4.78, 5) is 0. The maximum Gasteiger partial charge on any atom is 0.244 e. The third kappa shape index (κ3) is 3.34. The van der Waals surface area contributed by atoms with Crippen molar-refractivity contribution in [3.8, 4) is 0 Å². The van der Waals surface area contributed by atoms with Crippen molar-refractivity contribution in [1.82, 2.24) is 0 Å². The lowest BCUT2D eigenvalue weighted by atomic mass is 10.1. The van der Waals surface area contributed by atoms with Crippen LogP contribution in [-0.2, 0) is 8.85 Å². The first-order valence-electron chi connectivity index (χ1n) is 10.8. The third-order valence-electron chi connectivity index (χ3n) is 6.38. The Hall–Kier alpha value is -2.25. The molecule has 0 radical (unpaired) electrons. The summed E-state index contributed by atoms with van der Waals surface area (Å²) in [6, 6.07) is 30.6. The predicted molar refractivity (Wildman–Crippen MR) is 134 cm³/mol. The standard InChI is InChI=1S/C26H30O2Si2/c1-5-27-29(3,25-19-11-15-21-13-7-9-17-23(21)25)30(4,28-6-2)26-20-12-16-22-14-8-10-18-24(22)26/h7-20H,5-6H2,1-4H3. The molecule has 2 unspecified atom stereocenters. The zero-order valence-electron chi connectivity index (χ0n) is 18.3. The molecule has 0 saturated carbocycles. The molecule has 154 valence electrons. The van der Waals surface area contributed by atoms with Gasteiger partial charge in [0, 0.05) is 13.2 Å². The summed E-state index contributed by atoms with van der Waals surface area (Å²) < 4.78 is 13.6. The molecule has 2 atom stereocenters. The zero-order chi connectivity index (χ0) is 21.2. The Bertz CT molecular complexity index is 1070. The Labute approximate surface area is 181 Å². The first-order valence-corrected chi connectivity index (χ1v) is 16.6. The largest absolute Gasteiger partial charge is 0.412 e. The minimum Gasteiger partial charge on any atom is -0.412 e. The van der Waals surface area contributed by atoms with Crippen LogP contribution in [0.5, 0.6) is 0 Å². The molecule has 0 fully saturated rings. The maximum atomic E-state index is 6.82. The number of fused-ring (bicyclic) bond motifs is 2. The van der Waals surface area contributed by atoms with E-state index in [2.05, 4.69) is 112 Å². The van der Waals surface area contributed by atoms with Gasteiger partial charge in [0.1, 0.15) is 0 Å². The first-order chi connectivity index (χ1) is 14.5. The second-order valence-electron chi connectivity index (χ2n) is 7.99. The first kappa shape index (κ1) is 21.0. The minimum atomic E-state index is -2.51. The van der Waals surface area contributed by atoms with Crippen LogP contribution in [0.1, 0.15) is 13.8 Å². The fourth-order valence-electron chi connectivity index (χ4n) is 4.81. The molecule has 4 aromatic rings. The van der Waals surface area contributed by atoms with Gasteiger partial charge in [-0.15, -0.1) is 0 Å². The summed E-state index contributed by atoms with van der Waals surface area (Å²) in [5, 5.41) is 7.80. The van der Waals surface area contributed by atoms with Gasteiger partial charge in [-0.25, -0.2) is 0 Å². The quantitative estimate of drug-likeness (QED) is 0.365. The van der Waals surface area contributed by atoms with Crippen LogP contribution in [0.4, 0.5) is 0 Å². The smallest absolute Gasteiger partial charge is 0.244 e. The van der Waals surface area contributed by atoms with Gasteiger partial charge in [0.2, 0.25) is 15.7 Å². The molecule has 4 aromatic carbocycles. The number of benzene rings is 4. The molecule has 0 bridgehead atoms. The molecule has 0 heterocycles. The van der Waals surface area contributed by atoms with Gasteiger partial charge in [-0.3, -0.25) is 0 Å². The van der Waals surface area contributed by atoms with Crippen LogP contribution in [0, 0.1) is 0 Å². The van der Waals surface area contributed by atoms with Gasteiger partial charge in [-0.05, 0) is 58.9 Å². The van der Waals surface area contributed by atoms with Gasteiger partial charge in [0.15, 0.2) is 0 Å². The van der Waals surface area contributed by atoms with Crippen molar-refractivity contribution in [1.29, 1.82) is 0 Å².